The molecule has 2 aromatic heterocycles. The highest BCUT2D eigenvalue weighted by molar-refractivity contribution is 7.15. The van der Waals surface area contributed by atoms with Crippen LogP contribution >= 0.6 is 11.3 Å². The molecule has 36 heavy (non-hydrogen) atoms. The van der Waals surface area contributed by atoms with Gasteiger partial charge in [0.25, 0.3) is 11.8 Å². The van der Waals surface area contributed by atoms with Crippen molar-refractivity contribution >= 4 is 23.1 Å². The summed E-state index contributed by atoms with van der Waals surface area (Å²) in [4.78, 5) is 23.6. The van der Waals surface area contributed by atoms with Gasteiger partial charge in [0.2, 0.25) is 0 Å². The average Bonchev–Trinajstić information content (AvgIpc) is 3.19. The van der Waals surface area contributed by atoms with Crippen molar-refractivity contribution in [3.8, 4) is 10.4 Å². The molecule has 0 bridgehead atoms. The van der Waals surface area contributed by atoms with E-state index >= 15 is 0 Å². The Morgan fingerprint density at radius 1 is 1.17 bits per heavy atom. The lowest BCUT2D eigenvalue weighted by molar-refractivity contribution is -0.137. The highest BCUT2D eigenvalue weighted by Gasteiger charge is 2.46. The van der Waals surface area contributed by atoms with Crippen LogP contribution in [0.1, 0.15) is 40.0 Å². The van der Waals surface area contributed by atoms with Gasteiger partial charge in [-0.1, -0.05) is 36.8 Å². The number of aromatic nitrogens is 2. The van der Waals surface area contributed by atoms with E-state index in [-0.39, 0.29) is 18.1 Å². The van der Waals surface area contributed by atoms with Crippen molar-refractivity contribution in [3.05, 3.63) is 64.4 Å². The number of nitrogens with zero attached hydrogens (tertiary/aromatic N) is 3. The predicted molar refractivity (Wildman–Crippen MR) is 128 cm³/mol. The van der Waals surface area contributed by atoms with Gasteiger partial charge in [0.15, 0.2) is 0 Å². The summed E-state index contributed by atoms with van der Waals surface area (Å²) < 4.78 is 67.6. The first-order chi connectivity index (χ1) is 16.8. The van der Waals surface area contributed by atoms with Crippen molar-refractivity contribution in [3.63, 3.8) is 0 Å². The maximum atomic E-state index is 14.6. The van der Waals surface area contributed by atoms with Crippen LogP contribution in [-0.2, 0) is 6.18 Å². The maximum Gasteiger partial charge on any atom is 0.417 e. The van der Waals surface area contributed by atoms with Gasteiger partial charge < -0.3 is 10.2 Å². The Morgan fingerprint density at radius 3 is 2.47 bits per heavy atom. The number of hydrogen-bond acceptors (Lipinski definition) is 5. The number of likely N-dealkylation sites (tertiary alicyclic amines) is 1. The Kier molecular flexibility index (Phi) is 7.05. The first-order valence-corrected chi connectivity index (χ1v) is 12.2. The number of nitrogens with one attached hydrogen (secondary N) is 1. The van der Waals surface area contributed by atoms with E-state index in [2.05, 4.69) is 15.3 Å². The number of carbonyl (C=O) groups is 1. The predicted octanol–water partition coefficient (Wildman–Crippen LogP) is 6.44. The Morgan fingerprint density at radius 2 is 1.86 bits per heavy atom. The molecule has 0 aliphatic carbocycles. The van der Waals surface area contributed by atoms with Crippen LogP contribution < -0.4 is 5.32 Å². The minimum absolute atomic E-state index is 0.0460. The van der Waals surface area contributed by atoms with Gasteiger partial charge in [-0.3, -0.25) is 4.79 Å². The average molecular weight is 525 g/mol. The van der Waals surface area contributed by atoms with E-state index in [1.807, 2.05) is 31.2 Å². The van der Waals surface area contributed by atoms with Crippen LogP contribution in [0, 0.1) is 19.8 Å². The molecule has 3 heterocycles. The Balaban J connectivity index is 1.60. The van der Waals surface area contributed by atoms with Gasteiger partial charge in [-0.25, -0.2) is 18.7 Å². The molecule has 11 heteroatoms. The molecule has 0 radical (unpaired) electrons. The second kappa shape index (κ2) is 9.76. The van der Waals surface area contributed by atoms with Crippen molar-refractivity contribution in [2.45, 2.75) is 45.3 Å². The molecule has 1 fully saturated rings. The van der Waals surface area contributed by atoms with Gasteiger partial charge in [-0.05, 0) is 37.5 Å². The van der Waals surface area contributed by atoms with Crippen molar-refractivity contribution in [1.29, 1.82) is 0 Å². The topological polar surface area (TPSA) is 58.1 Å². The van der Waals surface area contributed by atoms with Gasteiger partial charge in [-0.15, -0.1) is 11.3 Å². The number of aryl methyl sites for hydroxylation is 2. The van der Waals surface area contributed by atoms with Crippen LogP contribution in [0.3, 0.4) is 0 Å². The molecule has 1 N–H and O–H groups in total. The first-order valence-electron chi connectivity index (χ1n) is 11.3. The van der Waals surface area contributed by atoms with Crippen LogP contribution in [0.5, 0.6) is 0 Å². The van der Waals surface area contributed by atoms with E-state index in [0.717, 1.165) is 22.1 Å². The van der Waals surface area contributed by atoms with E-state index in [1.165, 1.54) is 17.4 Å². The van der Waals surface area contributed by atoms with Crippen LogP contribution in [0.2, 0.25) is 0 Å². The number of rotatable bonds is 5. The lowest BCUT2D eigenvalue weighted by Crippen LogP contribution is -2.57. The van der Waals surface area contributed by atoms with Crippen molar-refractivity contribution in [2.24, 2.45) is 5.92 Å². The summed E-state index contributed by atoms with van der Waals surface area (Å²) in [5, 5.41) is 3.54. The summed E-state index contributed by atoms with van der Waals surface area (Å²) in [7, 11) is 0. The van der Waals surface area contributed by atoms with E-state index in [1.54, 1.807) is 13.8 Å². The fourth-order valence-corrected chi connectivity index (χ4v) is 5.28. The molecule has 1 aliphatic heterocycles. The second-order valence-corrected chi connectivity index (χ2v) is 10.3. The van der Waals surface area contributed by atoms with Gasteiger partial charge in [-0.2, -0.15) is 13.2 Å². The molecule has 2 atom stereocenters. The number of alkyl halides is 5. The van der Waals surface area contributed by atoms with E-state index in [0.29, 0.717) is 16.1 Å². The maximum absolute atomic E-state index is 14.6. The van der Waals surface area contributed by atoms with E-state index in [4.69, 9.17) is 0 Å². The fraction of sp³-hybridized carbons (Fsp3) is 0.400. The Labute approximate surface area is 209 Å². The summed E-state index contributed by atoms with van der Waals surface area (Å²) in [6, 6.07) is 8.95. The van der Waals surface area contributed by atoms with Crippen molar-refractivity contribution in [1.82, 2.24) is 14.9 Å². The summed E-state index contributed by atoms with van der Waals surface area (Å²) in [5.74, 6) is -4.10. The van der Waals surface area contributed by atoms with Crippen molar-refractivity contribution in [2.75, 3.05) is 18.4 Å². The number of anilines is 1. The van der Waals surface area contributed by atoms with E-state index in [9.17, 15) is 26.7 Å². The second-order valence-electron chi connectivity index (χ2n) is 9.13. The molecule has 192 valence electrons. The molecule has 2 unspecified atom stereocenters. The third-order valence-corrected chi connectivity index (χ3v) is 7.19. The molecule has 3 aromatic rings. The van der Waals surface area contributed by atoms with Crippen LogP contribution in [0.25, 0.3) is 10.4 Å². The minimum atomic E-state index is -4.51. The highest BCUT2D eigenvalue weighted by Crippen LogP contribution is 2.38. The summed E-state index contributed by atoms with van der Waals surface area (Å²) in [5.41, 5.74) is 1.04. The van der Waals surface area contributed by atoms with E-state index < -0.39 is 48.5 Å². The van der Waals surface area contributed by atoms with Crippen molar-refractivity contribution < 1.29 is 26.7 Å². The van der Waals surface area contributed by atoms with Crippen LogP contribution in [0.15, 0.2) is 42.6 Å². The molecule has 1 amide bonds. The largest absolute Gasteiger partial charge is 0.417 e. The zero-order valence-electron chi connectivity index (χ0n) is 19.9. The number of amides is 1. The molecular formula is C25H25F5N4OS. The number of thiazole rings is 1. The molecule has 1 aliphatic rings. The molecule has 0 saturated carbocycles. The van der Waals surface area contributed by atoms with Gasteiger partial charge >= 0.3 is 6.18 Å². The number of halogens is 5. The zero-order valence-corrected chi connectivity index (χ0v) is 20.7. The van der Waals surface area contributed by atoms with Gasteiger partial charge in [0, 0.05) is 19.2 Å². The minimum Gasteiger partial charge on any atom is -0.368 e. The molecule has 5 nitrogen and oxygen atoms in total. The number of hydrogen-bond donors (Lipinski definition) is 1. The molecule has 1 aromatic carbocycles. The number of benzene rings is 1. The number of piperidine rings is 1. The summed E-state index contributed by atoms with van der Waals surface area (Å²) >= 11 is 1.32. The SMILES string of the molecule is Cc1ccc(-c2sc(C)nc2C(=O)N2CC(F)(F)CC(C)C2CNc2ccc(C(F)(F)F)cn2)cc1. The molecule has 1 saturated heterocycles. The quantitative estimate of drug-likeness (QED) is 0.391. The standard InChI is InChI=1S/C25H25F5N4OS/c1-14-4-6-17(7-5-14)22-21(33-16(3)36-22)23(35)34-13-24(26,27)10-15(2)19(34)12-32-20-9-8-18(11-31-20)25(28,29)30/h4-9,11,15,19H,10,12-13H2,1-3H3,(H,31,32). The van der Waals surface area contributed by atoms with Crippen LogP contribution in [-0.4, -0.2) is 45.8 Å². The van der Waals surface area contributed by atoms with Gasteiger partial charge in [0.1, 0.15) is 11.5 Å². The monoisotopic (exact) mass is 524 g/mol. The molecular weight excluding hydrogens is 499 g/mol. The highest BCUT2D eigenvalue weighted by atomic mass is 32.1. The molecule has 0 spiro atoms. The zero-order chi connectivity index (χ0) is 26.3. The fourth-order valence-electron chi connectivity index (χ4n) is 4.36. The Hall–Kier alpha value is -3.08. The number of carbonyl (C=O) groups excluding carboxylic acids is 1. The summed E-state index contributed by atoms with van der Waals surface area (Å²) in [6.07, 6.45) is -4.22. The molecule has 4 rings (SSSR count). The smallest absolute Gasteiger partial charge is 0.368 e. The first kappa shape index (κ1) is 26.0. The van der Waals surface area contributed by atoms with Gasteiger partial charge in [0.05, 0.1) is 28.0 Å². The third kappa shape index (κ3) is 5.66. The summed E-state index contributed by atoms with van der Waals surface area (Å²) in [6.45, 7) is 4.60. The normalized spacial score (nSPS) is 19.8. The lowest BCUT2D eigenvalue weighted by Gasteiger charge is -2.43. The lowest BCUT2D eigenvalue weighted by atomic mass is 9.88. The number of pyridine rings is 1. The van der Waals surface area contributed by atoms with Crippen LogP contribution in [0.4, 0.5) is 27.8 Å². The Bertz CT molecular complexity index is 1220. The third-order valence-electron chi connectivity index (χ3n) is 6.17.